The molecule has 0 bridgehead atoms. The molecule has 0 aliphatic carbocycles. The molecule has 4 heteroatoms. The standard InChI is InChI=1S/C12H24O3.K/c1-2-3-4-5-6-7-8-11(13)9-10-12(14)15;/h11,13H,2-10H2,1H3,(H,14,15);/q;+1/p-1. The molecular formula is C12H23KO3. The third-order valence-corrected chi connectivity index (χ3v) is 2.57. The summed E-state index contributed by atoms with van der Waals surface area (Å²) in [4.78, 5) is 10.1. The minimum absolute atomic E-state index is 0. The number of aliphatic hydroxyl groups excluding tert-OH is 1. The van der Waals surface area contributed by atoms with Crippen molar-refractivity contribution in [1.29, 1.82) is 0 Å². The van der Waals surface area contributed by atoms with Crippen LogP contribution < -0.4 is 56.5 Å². The molecule has 0 fully saturated rings. The van der Waals surface area contributed by atoms with Crippen LogP contribution in [-0.4, -0.2) is 17.2 Å². The predicted octanol–water partition coefficient (Wildman–Crippen LogP) is -1.37. The molecule has 16 heavy (non-hydrogen) atoms. The van der Waals surface area contributed by atoms with E-state index < -0.39 is 12.1 Å². The third kappa shape index (κ3) is 15.1. The van der Waals surface area contributed by atoms with Crippen LogP contribution in [0, 0.1) is 0 Å². The molecule has 0 aliphatic heterocycles. The van der Waals surface area contributed by atoms with Gasteiger partial charge in [-0.2, -0.15) is 0 Å². The topological polar surface area (TPSA) is 60.4 Å². The van der Waals surface area contributed by atoms with Gasteiger partial charge in [-0.25, -0.2) is 0 Å². The fraction of sp³-hybridized carbons (Fsp3) is 0.917. The summed E-state index contributed by atoms with van der Waals surface area (Å²) in [6, 6.07) is 0. The quantitative estimate of drug-likeness (QED) is 0.387. The second kappa shape index (κ2) is 14.1. The van der Waals surface area contributed by atoms with Crippen molar-refractivity contribution in [1.82, 2.24) is 0 Å². The van der Waals surface area contributed by atoms with Gasteiger partial charge in [-0.05, 0) is 19.3 Å². The average molecular weight is 254 g/mol. The number of aliphatic hydroxyl groups is 1. The molecule has 0 heterocycles. The number of unbranched alkanes of at least 4 members (excludes halogenated alkanes) is 5. The number of hydrogen-bond donors (Lipinski definition) is 1. The summed E-state index contributed by atoms with van der Waals surface area (Å²) >= 11 is 0. The van der Waals surface area contributed by atoms with Crippen LogP contribution in [0.3, 0.4) is 0 Å². The van der Waals surface area contributed by atoms with Gasteiger partial charge in [0.1, 0.15) is 0 Å². The van der Waals surface area contributed by atoms with E-state index in [-0.39, 0.29) is 57.8 Å². The Hall–Kier alpha value is 1.07. The van der Waals surface area contributed by atoms with Crippen molar-refractivity contribution >= 4 is 5.97 Å². The molecule has 0 aromatic rings. The van der Waals surface area contributed by atoms with Gasteiger partial charge in [0, 0.05) is 5.97 Å². The normalized spacial score (nSPS) is 11.9. The van der Waals surface area contributed by atoms with Crippen LogP contribution in [0.5, 0.6) is 0 Å². The molecule has 0 saturated carbocycles. The zero-order valence-corrected chi connectivity index (χ0v) is 13.8. The molecule has 1 N–H and O–H groups in total. The van der Waals surface area contributed by atoms with Crippen molar-refractivity contribution in [3.05, 3.63) is 0 Å². The number of carbonyl (C=O) groups is 1. The Bertz CT molecular complexity index is 162. The van der Waals surface area contributed by atoms with Gasteiger partial charge in [0.25, 0.3) is 0 Å². The van der Waals surface area contributed by atoms with Crippen LogP contribution in [-0.2, 0) is 4.79 Å². The molecule has 1 atom stereocenters. The van der Waals surface area contributed by atoms with Crippen molar-refractivity contribution in [3.63, 3.8) is 0 Å². The van der Waals surface area contributed by atoms with E-state index in [0.717, 1.165) is 19.3 Å². The molecule has 0 aromatic heterocycles. The number of carboxylic acid groups (broad SMARTS) is 1. The van der Waals surface area contributed by atoms with Gasteiger partial charge in [0.15, 0.2) is 0 Å². The van der Waals surface area contributed by atoms with E-state index >= 15 is 0 Å². The predicted molar refractivity (Wildman–Crippen MR) is 58.2 cm³/mol. The third-order valence-electron chi connectivity index (χ3n) is 2.57. The van der Waals surface area contributed by atoms with E-state index in [1.165, 1.54) is 25.7 Å². The number of carbonyl (C=O) groups excluding carboxylic acids is 1. The van der Waals surface area contributed by atoms with E-state index in [4.69, 9.17) is 0 Å². The maximum absolute atomic E-state index is 10.1. The Morgan fingerprint density at radius 2 is 1.69 bits per heavy atom. The first-order valence-electron chi connectivity index (χ1n) is 6.04. The largest absolute Gasteiger partial charge is 1.00 e. The zero-order chi connectivity index (χ0) is 11.5. The second-order valence-corrected chi connectivity index (χ2v) is 4.12. The van der Waals surface area contributed by atoms with Crippen molar-refractivity contribution in [3.8, 4) is 0 Å². The van der Waals surface area contributed by atoms with Crippen LogP contribution in [0.25, 0.3) is 0 Å². The van der Waals surface area contributed by atoms with Gasteiger partial charge >= 0.3 is 51.4 Å². The van der Waals surface area contributed by atoms with Crippen molar-refractivity contribution < 1.29 is 66.4 Å². The average Bonchev–Trinajstić information content (AvgIpc) is 2.20. The molecule has 0 radical (unpaired) electrons. The molecule has 0 saturated heterocycles. The Morgan fingerprint density at radius 3 is 2.25 bits per heavy atom. The molecule has 0 spiro atoms. The van der Waals surface area contributed by atoms with Crippen LogP contribution in [0.4, 0.5) is 0 Å². The van der Waals surface area contributed by atoms with Gasteiger partial charge in [-0.15, -0.1) is 0 Å². The maximum atomic E-state index is 10.1. The van der Waals surface area contributed by atoms with Crippen LogP contribution in [0.2, 0.25) is 0 Å². The van der Waals surface area contributed by atoms with E-state index in [0.29, 0.717) is 6.42 Å². The fourth-order valence-electron chi connectivity index (χ4n) is 1.59. The summed E-state index contributed by atoms with van der Waals surface area (Å²) in [5.74, 6) is -1.07. The molecule has 0 aliphatic rings. The number of carboxylic acids is 1. The van der Waals surface area contributed by atoms with Crippen molar-refractivity contribution in [2.24, 2.45) is 0 Å². The van der Waals surface area contributed by atoms with E-state index in [1.54, 1.807) is 0 Å². The fourth-order valence-corrected chi connectivity index (χ4v) is 1.59. The second-order valence-electron chi connectivity index (χ2n) is 4.12. The Balaban J connectivity index is 0. The SMILES string of the molecule is CCCCCCCCC(O)CCC(=O)[O-].[K+]. The Morgan fingerprint density at radius 1 is 1.12 bits per heavy atom. The van der Waals surface area contributed by atoms with Crippen LogP contribution in [0.15, 0.2) is 0 Å². The van der Waals surface area contributed by atoms with Gasteiger partial charge in [0.2, 0.25) is 0 Å². The first kappa shape index (κ1) is 19.4. The number of aliphatic carboxylic acids is 1. The van der Waals surface area contributed by atoms with E-state index in [1.807, 2.05) is 0 Å². The Kier molecular flexibility index (Phi) is 17.1. The molecule has 0 aromatic carbocycles. The summed E-state index contributed by atoms with van der Waals surface area (Å²) in [5.41, 5.74) is 0. The first-order valence-corrected chi connectivity index (χ1v) is 6.04. The number of rotatable bonds is 10. The van der Waals surface area contributed by atoms with Gasteiger partial charge in [-0.1, -0.05) is 45.4 Å². The van der Waals surface area contributed by atoms with Crippen LogP contribution in [0.1, 0.15) is 64.7 Å². The molecular weight excluding hydrogens is 231 g/mol. The smallest absolute Gasteiger partial charge is 0.550 e. The van der Waals surface area contributed by atoms with Crippen LogP contribution >= 0.6 is 0 Å². The monoisotopic (exact) mass is 254 g/mol. The first-order chi connectivity index (χ1) is 7.16. The van der Waals surface area contributed by atoms with Gasteiger partial charge in [0.05, 0.1) is 6.10 Å². The molecule has 0 rings (SSSR count). The molecule has 90 valence electrons. The summed E-state index contributed by atoms with van der Waals surface area (Å²) in [7, 11) is 0. The minimum atomic E-state index is -1.07. The molecule has 0 amide bonds. The summed E-state index contributed by atoms with van der Waals surface area (Å²) < 4.78 is 0. The van der Waals surface area contributed by atoms with E-state index in [2.05, 4.69) is 6.92 Å². The van der Waals surface area contributed by atoms with Crippen molar-refractivity contribution in [2.45, 2.75) is 70.8 Å². The molecule has 3 nitrogen and oxygen atoms in total. The van der Waals surface area contributed by atoms with Gasteiger partial charge in [-0.3, -0.25) is 0 Å². The summed E-state index contributed by atoms with van der Waals surface area (Å²) in [5, 5.41) is 19.5. The maximum Gasteiger partial charge on any atom is 1.00 e. The number of hydrogen-bond acceptors (Lipinski definition) is 3. The zero-order valence-electron chi connectivity index (χ0n) is 10.7. The summed E-state index contributed by atoms with van der Waals surface area (Å²) in [6.45, 7) is 2.18. The molecule has 1 unspecified atom stereocenters. The summed E-state index contributed by atoms with van der Waals surface area (Å²) in [6.07, 6.45) is 7.72. The Labute approximate surface area is 141 Å². The minimum Gasteiger partial charge on any atom is -0.550 e. The van der Waals surface area contributed by atoms with Crippen molar-refractivity contribution in [2.75, 3.05) is 0 Å². The van der Waals surface area contributed by atoms with E-state index in [9.17, 15) is 15.0 Å². The van der Waals surface area contributed by atoms with Gasteiger partial charge < -0.3 is 15.0 Å².